The van der Waals surface area contributed by atoms with Crippen LogP contribution in [0.25, 0.3) is 10.4 Å². The summed E-state index contributed by atoms with van der Waals surface area (Å²) in [6, 6.07) is 9.14. The fourth-order valence-electron chi connectivity index (χ4n) is 3.64. The Kier molecular flexibility index (Phi) is 4.24. The van der Waals surface area contributed by atoms with Crippen molar-refractivity contribution in [2.45, 2.75) is 25.3 Å². The van der Waals surface area contributed by atoms with Crippen LogP contribution in [0.2, 0.25) is 0 Å². The normalized spacial score (nSPS) is 18.7. The Morgan fingerprint density at radius 1 is 1.23 bits per heavy atom. The molecule has 134 valence electrons. The molecule has 1 aromatic heterocycles. The lowest BCUT2D eigenvalue weighted by atomic mass is 9.91. The van der Waals surface area contributed by atoms with Crippen molar-refractivity contribution in [3.63, 3.8) is 0 Å². The summed E-state index contributed by atoms with van der Waals surface area (Å²) in [6.07, 6.45) is 1.45. The van der Waals surface area contributed by atoms with Gasteiger partial charge in [0.1, 0.15) is 6.04 Å². The Morgan fingerprint density at radius 2 is 2.00 bits per heavy atom. The predicted octanol–water partition coefficient (Wildman–Crippen LogP) is 1.93. The van der Waals surface area contributed by atoms with Gasteiger partial charge in [-0.25, -0.2) is 0 Å². The van der Waals surface area contributed by atoms with Gasteiger partial charge in [-0.05, 0) is 35.6 Å². The second-order valence-corrected chi connectivity index (χ2v) is 7.58. The number of piperazine rings is 1. The highest BCUT2D eigenvalue weighted by Gasteiger charge is 2.36. The first kappa shape index (κ1) is 16.8. The molecule has 2 aliphatic rings. The molecule has 1 aliphatic carbocycles. The highest BCUT2D eigenvalue weighted by atomic mass is 32.1. The van der Waals surface area contributed by atoms with Gasteiger partial charge in [0.2, 0.25) is 5.91 Å². The van der Waals surface area contributed by atoms with E-state index in [1.54, 1.807) is 0 Å². The molecule has 2 heterocycles. The van der Waals surface area contributed by atoms with Crippen LogP contribution in [-0.4, -0.2) is 46.9 Å². The fraction of sp³-hybridized carbons (Fsp3) is 0.316. The zero-order valence-electron chi connectivity index (χ0n) is 14.0. The van der Waals surface area contributed by atoms with Gasteiger partial charge in [0.15, 0.2) is 0 Å². The number of amides is 2. The average molecular weight is 370 g/mol. The van der Waals surface area contributed by atoms with E-state index in [2.05, 4.69) is 17.4 Å². The monoisotopic (exact) mass is 370 g/mol. The Hall–Kier alpha value is -2.67. The minimum absolute atomic E-state index is 0.261. The highest BCUT2D eigenvalue weighted by Crippen LogP contribution is 2.40. The van der Waals surface area contributed by atoms with Gasteiger partial charge in [-0.1, -0.05) is 24.3 Å². The second kappa shape index (κ2) is 6.57. The van der Waals surface area contributed by atoms with Crippen LogP contribution >= 0.6 is 11.3 Å². The van der Waals surface area contributed by atoms with Gasteiger partial charge in [0.05, 0.1) is 11.3 Å². The van der Waals surface area contributed by atoms with E-state index in [4.69, 9.17) is 5.11 Å². The van der Waals surface area contributed by atoms with E-state index in [9.17, 15) is 14.4 Å². The van der Waals surface area contributed by atoms with Gasteiger partial charge in [0, 0.05) is 18.0 Å². The molecule has 2 N–H and O–H groups in total. The van der Waals surface area contributed by atoms with Crippen LogP contribution < -0.4 is 5.32 Å². The lowest BCUT2D eigenvalue weighted by Gasteiger charge is -2.33. The second-order valence-electron chi connectivity index (χ2n) is 6.53. The molecular formula is C19H18N2O4S. The third kappa shape index (κ3) is 2.88. The first-order valence-corrected chi connectivity index (χ1v) is 9.37. The quantitative estimate of drug-likeness (QED) is 0.864. The maximum atomic E-state index is 13.0. The maximum Gasteiger partial charge on any atom is 0.305 e. The molecule has 0 bridgehead atoms. The van der Waals surface area contributed by atoms with Gasteiger partial charge in [-0.15, -0.1) is 11.3 Å². The molecule has 4 rings (SSSR count). The molecule has 1 aliphatic heterocycles. The molecule has 0 spiro atoms. The van der Waals surface area contributed by atoms with Gasteiger partial charge in [-0.3, -0.25) is 14.4 Å². The topological polar surface area (TPSA) is 86.7 Å². The van der Waals surface area contributed by atoms with Crippen LogP contribution in [0, 0.1) is 0 Å². The summed E-state index contributed by atoms with van der Waals surface area (Å²) in [5, 5.41) is 11.7. The number of fused-ring (bicyclic) bond motifs is 3. The molecule has 1 saturated heterocycles. The van der Waals surface area contributed by atoms with Crippen LogP contribution in [0.3, 0.4) is 0 Å². The number of aliphatic carboxylic acids is 1. The van der Waals surface area contributed by atoms with E-state index in [-0.39, 0.29) is 12.3 Å². The Labute approximate surface area is 154 Å². The standard InChI is InChI=1S/C19H18N2O4S/c22-16(23)10-14-18(24)20-7-8-21(14)19(25)15-9-12-6-5-11-3-1-2-4-13(11)17(12)26-15/h1-4,9,14H,5-8,10H2,(H,20,24)(H,22,23)/t14-/m0/s1. The smallest absolute Gasteiger partial charge is 0.305 e. The molecule has 7 heteroatoms. The summed E-state index contributed by atoms with van der Waals surface area (Å²) in [5.41, 5.74) is 3.59. The molecule has 1 atom stereocenters. The van der Waals surface area contributed by atoms with Crippen LogP contribution in [0.5, 0.6) is 0 Å². The Bertz CT molecular complexity index is 905. The maximum absolute atomic E-state index is 13.0. The zero-order valence-corrected chi connectivity index (χ0v) is 14.8. The van der Waals surface area contributed by atoms with Crippen LogP contribution in [0.1, 0.15) is 27.2 Å². The summed E-state index contributed by atoms with van der Waals surface area (Å²) in [6.45, 7) is 0.663. The van der Waals surface area contributed by atoms with E-state index in [1.807, 2.05) is 18.2 Å². The third-order valence-electron chi connectivity index (χ3n) is 4.91. The molecule has 0 saturated carbocycles. The number of rotatable bonds is 3. The minimum Gasteiger partial charge on any atom is -0.481 e. The molecule has 2 amide bonds. The molecule has 2 aromatic rings. The van der Waals surface area contributed by atoms with E-state index in [0.717, 1.165) is 28.8 Å². The molecule has 0 unspecified atom stereocenters. The van der Waals surface area contributed by atoms with E-state index < -0.39 is 17.9 Å². The summed E-state index contributed by atoms with van der Waals surface area (Å²) >= 11 is 1.43. The molecular weight excluding hydrogens is 352 g/mol. The van der Waals surface area contributed by atoms with Crippen LogP contribution in [0.15, 0.2) is 30.3 Å². The van der Waals surface area contributed by atoms with Crippen LogP contribution in [-0.2, 0) is 22.4 Å². The number of aryl methyl sites for hydroxylation is 2. The van der Waals surface area contributed by atoms with Gasteiger partial charge >= 0.3 is 5.97 Å². The van der Waals surface area contributed by atoms with Crippen molar-refractivity contribution < 1.29 is 19.5 Å². The molecule has 0 radical (unpaired) electrons. The number of benzene rings is 1. The Morgan fingerprint density at radius 3 is 2.81 bits per heavy atom. The summed E-state index contributed by atoms with van der Waals surface area (Å²) < 4.78 is 0. The average Bonchev–Trinajstić information content (AvgIpc) is 3.07. The van der Waals surface area contributed by atoms with E-state index >= 15 is 0 Å². The molecule has 1 fully saturated rings. The SMILES string of the molecule is O=C(O)C[C@H]1C(=O)NCCN1C(=O)c1cc2c(s1)-c1ccccc1CC2. The molecule has 1 aromatic carbocycles. The fourth-order valence-corrected chi connectivity index (χ4v) is 4.87. The summed E-state index contributed by atoms with van der Waals surface area (Å²) in [5.74, 6) is -1.76. The van der Waals surface area contributed by atoms with Gasteiger partial charge in [0.25, 0.3) is 5.91 Å². The number of carbonyl (C=O) groups is 3. The Balaban J connectivity index is 1.66. The first-order valence-electron chi connectivity index (χ1n) is 8.56. The van der Waals surface area contributed by atoms with E-state index in [1.165, 1.54) is 21.8 Å². The van der Waals surface area contributed by atoms with Crippen molar-refractivity contribution in [2.75, 3.05) is 13.1 Å². The summed E-state index contributed by atoms with van der Waals surface area (Å²) in [4.78, 5) is 39.3. The largest absolute Gasteiger partial charge is 0.481 e. The van der Waals surface area contributed by atoms with Gasteiger partial charge in [-0.2, -0.15) is 0 Å². The lowest BCUT2D eigenvalue weighted by Crippen LogP contribution is -2.57. The highest BCUT2D eigenvalue weighted by molar-refractivity contribution is 7.17. The first-order chi connectivity index (χ1) is 12.5. The molecule has 26 heavy (non-hydrogen) atoms. The number of nitrogens with zero attached hydrogens (tertiary/aromatic N) is 1. The lowest BCUT2D eigenvalue weighted by molar-refractivity contribution is -0.142. The number of hydrogen-bond donors (Lipinski definition) is 2. The number of thiophene rings is 1. The van der Waals surface area contributed by atoms with Crippen molar-refractivity contribution in [1.29, 1.82) is 0 Å². The van der Waals surface area contributed by atoms with Crippen molar-refractivity contribution in [3.8, 4) is 10.4 Å². The third-order valence-corrected chi connectivity index (χ3v) is 6.10. The van der Waals surface area contributed by atoms with Crippen molar-refractivity contribution in [1.82, 2.24) is 10.2 Å². The summed E-state index contributed by atoms with van der Waals surface area (Å²) in [7, 11) is 0. The number of hydrogen-bond acceptors (Lipinski definition) is 4. The van der Waals surface area contributed by atoms with Gasteiger partial charge < -0.3 is 15.3 Å². The predicted molar refractivity (Wildman–Crippen MR) is 97.3 cm³/mol. The van der Waals surface area contributed by atoms with E-state index in [0.29, 0.717) is 18.0 Å². The van der Waals surface area contributed by atoms with Crippen molar-refractivity contribution in [2.24, 2.45) is 0 Å². The van der Waals surface area contributed by atoms with Crippen molar-refractivity contribution >= 4 is 29.1 Å². The molecule has 6 nitrogen and oxygen atoms in total. The van der Waals surface area contributed by atoms with Crippen molar-refractivity contribution in [3.05, 3.63) is 46.3 Å². The van der Waals surface area contributed by atoms with Crippen LogP contribution in [0.4, 0.5) is 0 Å². The number of carboxylic acid groups (broad SMARTS) is 1. The number of carbonyl (C=O) groups excluding carboxylic acids is 2. The number of carboxylic acids is 1. The minimum atomic E-state index is -1.09. The number of nitrogens with one attached hydrogen (secondary N) is 1. The zero-order chi connectivity index (χ0) is 18.3.